The van der Waals surface area contributed by atoms with Crippen LogP contribution in [-0.4, -0.2) is 40.2 Å². The monoisotopic (exact) mass is 492 g/mol. The summed E-state index contributed by atoms with van der Waals surface area (Å²) < 4.78 is 63.9. The highest BCUT2D eigenvalue weighted by Crippen LogP contribution is 2.31. The van der Waals surface area contributed by atoms with E-state index in [4.69, 9.17) is 0 Å². The summed E-state index contributed by atoms with van der Waals surface area (Å²) in [4.78, 5) is 16.6. The molecule has 8 nitrogen and oxygen atoms in total. The molecule has 0 spiro atoms. The van der Waals surface area contributed by atoms with E-state index in [0.29, 0.717) is 11.2 Å². The number of aromatic hydroxyl groups is 1. The van der Waals surface area contributed by atoms with E-state index < -0.39 is 31.8 Å². The van der Waals surface area contributed by atoms with Gasteiger partial charge in [0.1, 0.15) is 0 Å². The average molecular weight is 492 g/mol. The molecule has 178 valence electrons. The van der Waals surface area contributed by atoms with E-state index in [0.717, 1.165) is 39.8 Å². The third kappa shape index (κ3) is 3.69. The summed E-state index contributed by atoms with van der Waals surface area (Å²) >= 11 is 0. The molecule has 0 aliphatic heterocycles. The zero-order valence-corrected chi connectivity index (χ0v) is 18.8. The minimum atomic E-state index is -5.54. The van der Waals surface area contributed by atoms with E-state index in [2.05, 4.69) is 10.3 Å². The first-order valence-corrected chi connectivity index (χ1v) is 11.4. The van der Waals surface area contributed by atoms with Crippen molar-refractivity contribution in [2.24, 2.45) is 0 Å². The number of halogens is 3. The summed E-state index contributed by atoms with van der Waals surface area (Å²) in [6, 6.07) is 10.9. The summed E-state index contributed by atoms with van der Waals surface area (Å²) in [6.07, 6.45) is 1.63. The molecule has 2 aromatic carbocycles. The Balaban J connectivity index is 1.81. The second-order valence-electron chi connectivity index (χ2n) is 7.47. The molecule has 0 unspecified atom stereocenters. The highest BCUT2D eigenvalue weighted by Gasteiger charge is 2.46. The van der Waals surface area contributed by atoms with Crippen LogP contribution in [0, 0.1) is 6.92 Å². The van der Waals surface area contributed by atoms with Crippen LogP contribution in [-0.2, 0) is 16.4 Å². The van der Waals surface area contributed by atoms with Gasteiger partial charge in [-0.2, -0.15) is 13.2 Å². The van der Waals surface area contributed by atoms with Gasteiger partial charge >= 0.3 is 11.2 Å². The van der Waals surface area contributed by atoms with Gasteiger partial charge in [0.2, 0.25) is 5.88 Å². The summed E-state index contributed by atoms with van der Waals surface area (Å²) in [6.45, 7) is 1.60. The van der Waals surface area contributed by atoms with Gasteiger partial charge in [-0.15, -0.1) is 0 Å². The molecule has 0 atom stereocenters. The van der Waals surface area contributed by atoms with Gasteiger partial charge in [-0.1, -0.05) is 18.2 Å². The van der Waals surface area contributed by atoms with Crippen molar-refractivity contribution in [1.82, 2.24) is 14.1 Å². The molecule has 2 N–H and O–H groups in total. The van der Waals surface area contributed by atoms with Gasteiger partial charge in [0.15, 0.2) is 0 Å². The molecule has 4 rings (SSSR count). The number of hydrogen-bond acceptors (Lipinski definition) is 6. The van der Waals surface area contributed by atoms with Gasteiger partial charge in [-0.3, -0.25) is 9.55 Å². The first kappa shape index (κ1) is 23.4. The molecule has 0 saturated heterocycles. The van der Waals surface area contributed by atoms with E-state index in [-0.39, 0.29) is 17.9 Å². The lowest BCUT2D eigenvalue weighted by Crippen LogP contribution is -2.25. The molecule has 0 amide bonds. The van der Waals surface area contributed by atoms with Crippen molar-refractivity contribution in [3.8, 4) is 11.6 Å². The van der Waals surface area contributed by atoms with Crippen molar-refractivity contribution in [3.05, 3.63) is 76.5 Å². The van der Waals surface area contributed by atoms with Crippen LogP contribution in [0.5, 0.6) is 5.88 Å². The van der Waals surface area contributed by atoms with E-state index in [1.165, 1.54) is 11.5 Å². The first-order chi connectivity index (χ1) is 16.0. The Hall–Kier alpha value is -3.80. The van der Waals surface area contributed by atoms with Crippen molar-refractivity contribution < 1.29 is 26.7 Å². The number of aromatic nitrogens is 3. The largest absolute Gasteiger partial charge is 0.501 e. The zero-order chi connectivity index (χ0) is 24.8. The third-order valence-corrected chi connectivity index (χ3v) is 7.05. The molecular formula is C22H19F3N4O4S. The lowest BCUT2D eigenvalue weighted by molar-refractivity contribution is -0.0436. The molecular weight excluding hydrogens is 473 g/mol. The normalized spacial score (nSPS) is 12.3. The number of nitrogens with one attached hydrogen (secondary N) is 1. The zero-order valence-electron chi connectivity index (χ0n) is 18.0. The van der Waals surface area contributed by atoms with Crippen LogP contribution in [0.4, 0.5) is 18.9 Å². The van der Waals surface area contributed by atoms with Crippen molar-refractivity contribution in [2.75, 3.05) is 12.4 Å². The molecule has 0 radical (unpaired) electrons. The Labute approximate surface area is 191 Å². The Bertz CT molecular complexity index is 1560. The Morgan fingerprint density at radius 3 is 2.35 bits per heavy atom. The van der Waals surface area contributed by atoms with Gasteiger partial charge < -0.3 is 10.4 Å². The van der Waals surface area contributed by atoms with Crippen LogP contribution in [0.2, 0.25) is 0 Å². The highest BCUT2D eigenvalue weighted by atomic mass is 32.2. The Morgan fingerprint density at radius 1 is 1.09 bits per heavy atom. The van der Waals surface area contributed by atoms with E-state index in [1.807, 2.05) is 24.3 Å². The fourth-order valence-electron chi connectivity index (χ4n) is 3.71. The van der Waals surface area contributed by atoms with Crippen molar-refractivity contribution >= 4 is 26.4 Å². The minimum absolute atomic E-state index is 0.0129. The lowest BCUT2D eigenvalue weighted by Gasteiger charge is -2.13. The fraction of sp³-hybridized carbons (Fsp3) is 0.182. The maximum atomic E-state index is 13.2. The van der Waals surface area contributed by atoms with E-state index in [9.17, 15) is 31.5 Å². The molecule has 34 heavy (non-hydrogen) atoms. The second kappa shape index (κ2) is 8.20. The fourth-order valence-corrected chi connectivity index (χ4v) is 4.47. The summed E-state index contributed by atoms with van der Waals surface area (Å²) in [5.41, 5.74) is -3.72. The van der Waals surface area contributed by atoms with E-state index >= 15 is 0 Å². The molecule has 0 aliphatic rings. The molecule has 2 aromatic heterocycles. The van der Waals surface area contributed by atoms with E-state index in [1.54, 1.807) is 13.2 Å². The van der Waals surface area contributed by atoms with Gasteiger partial charge in [-0.05, 0) is 37.3 Å². The quantitative estimate of drug-likeness (QED) is 0.441. The number of anilines is 1. The lowest BCUT2D eigenvalue weighted by atomic mass is 10.1. The van der Waals surface area contributed by atoms with Crippen molar-refractivity contribution in [1.29, 1.82) is 0 Å². The molecule has 0 aliphatic carbocycles. The van der Waals surface area contributed by atoms with Gasteiger partial charge in [-0.25, -0.2) is 17.8 Å². The number of fused-ring (bicyclic) bond motifs is 1. The summed E-state index contributed by atoms with van der Waals surface area (Å²) in [5.74, 6) is -0.416. The van der Waals surface area contributed by atoms with Crippen LogP contribution in [0.15, 0.2) is 64.4 Å². The van der Waals surface area contributed by atoms with Crippen LogP contribution >= 0.6 is 0 Å². The van der Waals surface area contributed by atoms with Crippen molar-refractivity contribution in [2.45, 2.75) is 23.9 Å². The standard InChI is InChI=1S/C22H19F3N4O4S/c1-13-20(30)29(14-7-9-15(10-8-14)34(32,33)22(23,24)25)21(31)28(13)12-17-16-5-3-4-6-18(16)27-11-19(17)26-2/h3-11,26,30H,12H2,1-2H3. The van der Waals surface area contributed by atoms with Crippen LogP contribution in [0.1, 0.15) is 11.3 Å². The molecule has 4 aromatic rings. The number of sulfone groups is 1. The Kier molecular flexibility index (Phi) is 5.64. The number of rotatable bonds is 5. The van der Waals surface area contributed by atoms with Crippen LogP contribution in [0.25, 0.3) is 16.6 Å². The molecule has 0 bridgehead atoms. The molecule has 2 heterocycles. The number of alkyl halides is 3. The predicted molar refractivity (Wildman–Crippen MR) is 120 cm³/mol. The SMILES string of the molecule is CNc1cnc2ccccc2c1Cn1c(C)c(O)n(-c2ccc(S(=O)(=O)C(F)(F)F)cc2)c1=O. The smallest absolute Gasteiger partial charge is 0.493 e. The highest BCUT2D eigenvalue weighted by molar-refractivity contribution is 7.92. The number of imidazole rings is 1. The molecule has 0 fully saturated rings. The molecule has 0 saturated carbocycles. The number of nitrogens with zero attached hydrogens (tertiary/aromatic N) is 3. The van der Waals surface area contributed by atoms with Crippen LogP contribution in [0.3, 0.4) is 0 Å². The predicted octanol–water partition coefficient (Wildman–Crippen LogP) is 3.58. The minimum Gasteiger partial charge on any atom is -0.493 e. The molecule has 12 heteroatoms. The van der Waals surface area contributed by atoms with Gasteiger partial charge in [0.05, 0.1) is 40.2 Å². The van der Waals surface area contributed by atoms with Crippen LogP contribution < -0.4 is 11.0 Å². The number of hydrogen-bond donors (Lipinski definition) is 2. The topological polar surface area (TPSA) is 106 Å². The summed E-state index contributed by atoms with van der Waals surface area (Å²) in [7, 11) is -3.82. The Morgan fingerprint density at radius 2 is 1.74 bits per heavy atom. The first-order valence-electron chi connectivity index (χ1n) is 9.94. The number of para-hydroxylation sites is 1. The summed E-state index contributed by atoms with van der Waals surface area (Å²) in [5, 5.41) is 14.5. The third-order valence-electron chi connectivity index (χ3n) is 5.54. The van der Waals surface area contributed by atoms with Crippen molar-refractivity contribution in [3.63, 3.8) is 0 Å². The average Bonchev–Trinajstić information content (AvgIpc) is 3.01. The number of pyridine rings is 1. The second-order valence-corrected chi connectivity index (χ2v) is 9.41. The van der Waals surface area contributed by atoms with Gasteiger partial charge in [0, 0.05) is 18.0 Å². The number of benzene rings is 2. The van der Waals surface area contributed by atoms with Gasteiger partial charge in [0.25, 0.3) is 9.84 Å². The maximum absolute atomic E-state index is 13.2. The maximum Gasteiger partial charge on any atom is 0.501 e.